The standard InChI is InChI=1S/C25H32ClN5O6S/c1-16(24(36-4)25-27-12-17(26)13-28-25)38(32,33)15-22-30-29-21(14-37-18-8-5-6-9-18)31(22)23-19(34-2)10-7-11-20(23)35-3/h7,10-13,16,18,24H,5-6,8-9,14-15H2,1-4H3/t16-,24-/m0/s1. The topological polar surface area (TPSA) is 128 Å². The van der Waals surface area contributed by atoms with Crippen molar-refractivity contribution in [3.05, 3.63) is 53.1 Å². The zero-order valence-electron chi connectivity index (χ0n) is 21.8. The van der Waals surface area contributed by atoms with Crippen LogP contribution in [0.3, 0.4) is 0 Å². The van der Waals surface area contributed by atoms with Crippen LogP contribution in [-0.2, 0) is 31.7 Å². The first kappa shape index (κ1) is 28.2. The first-order chi connectivity index (χ1) is 18.3. The molecule has 1 aliphatic rings. The second-order valence-electron chi connectivity index (χ2n) is 9.02. The van der Waals surface area contributed by atoms with Crippen LogP contribution in [0.15, 0.2) is 30.6 Å². The third-order valence-electron chi connectivity index (χ3n) is 6.64. The molecule has 0 N–H and O–H groups in total. The SMILES string of the molecule is COc1cccc(OC)c1-n1c(COC2CCCC2)nnc1CS(=O)(=O)[C@@H](C)[C@H](OC)c1ncc(Cl)cn1. The Morgan fingerprint density at radius 3 is 2.21 bits per heavy atom. The van der Waals surface area contributed by atoms with Gasteiger partial charge in [0, 0.05) is 19.5 Å². The van der Waals surface area contributed by atoms with Crippen LogP contribution in [0.25, 0.3) is 5.69 Å². The number of benzene rings is 1. The number of methoxy groups -OCH3 is 3. The van der Waals surface area contributed by atoms with Gasteiger partial charge in [-0.05, 0) is 31.9 Å². The van der Waals surface area contributed by atoms with Gasteiger partial charge in [0.2, 0.25) is 0 Å². The summed E-state index contributed by atoms with van der Waals surface area (Å²) in [4.78, 5) is 8.30. The molecule has 0 bridgehead atoms. The number of nitrogens with zero attached hydrogens (tertiary/aromatic N) is 5. The molecule has 1 fully saturated rings. The average Bonchev–Trinajstić information content (AvgIpc) is 3.58. The van der Waals surface area contributed by atoms with Crippen molar-refractivity contribution in [2.75, 3.05) is 21.3 Å². The van der Waals surface area contributed by atoms with E-state index in [1.54, 1.807) is 29.7 Å². The molecule has 2 heterocycles. The minimum absolute atomic E-state index is 0.133. The molecular formula is C25H32ClN5O6S. The van der Waals surface area contributed by atoms with E-state index >= 15 is 0 Å². The van der Waals surface area contributed by atoms with Gasteiger partial charge >= 0.3 is 0 Å². The Morgan fingerprint density at radius 1 is 1.03 bits per heavy atom. The van der Waals surface area contributed by atoms with Gasteiger partial charge in [-0.1, -0.05) is 30.5 Å². The summed E-state index contributed by atoms with van der Waals surface area (Å²) in [6.45, 7) is 1.71. The van der Waals surface area contributed by atoms with Gasteiger partial charge in [-0.25, -0.2) is 18.4 Å². The Bertz CT molecular complexity index is 1310. The lowest BCUT2D eigenvalue weighted by Crippen LogP contribution is -2.30. The smallest absolute Gasteiger partial charge is 0.163 e. The van der Waals surface area contributed by atoms with E-state index in [1.165, 1.54) is 33.7 Å². The highest BCUT2D eigenvalue weighted by Gasteiger charge is 2.35. The Balaban J connectivity index is 1.72. The van der Waals surface area contributed by atoms with Crippen molar-refractivity contribution in [3.63, 3.8) is 0 Å². The highest BCUT2D eigenvalue weighted by atomic mass is 35.5. The number of hydrogen-bond donors (Lipinski definition) is 0. The Hall–Kier alpha value is -2.80. The van der Waals surface area contributed by atoms with Crippen molar-refractivity contribution in [2.24, 2.45) is 0 Å². The zero-order chi connectivity index (χ0) is 27.3. The maximum Gasteiger partial charge on any atom is 0.163 e. The summed E-state index contributed by atoms with van der Waals surface area (Å²) in [5.74, 6) is 1.37. The molecule has 0 saturated heterocycles. The lowest BCUT2D eigenvalue weighted by molar-refractivity contribution is 0.0408. The third kappa shape index (κ3) is 6.09. The number of aromatic nitrogens is 5. The Morgan fingerprint density at radius 2 is 1.63 bits per heavy atom. The van der Waals surface area contributed by atoms with Crippen molar-refractivity contribution in [2.45, 2.75) is 62.4 Å². The second kappa shape index (κ2) is 12.4. The van der Waals surface area contributed by atoms with Gasteiger partial charge in [-0.3, -0.25) is 4.57 Å². The summed E-state index contributed by atoms with van der Waals surface area (Å²) < 4.78 is 51.8. The molecule has 0 radical (unpaired) electrons. The number of hydrogen-bond acceptors (Lipinski definition) is 10. The highest BCUT2D eigenvalue weighted by molar-refractivity contribution is 7.91. The van der Waals surface area contributed by atoms with E-state index in [9.17, 15) is 8.42 Å². The minimum atomic E-state index is -3.85. The van der Waals surface area contributed by atoms with E-state index < -0.39 is 26.9 Å². The van der Waals surface area contributed by atoms with E-state index in [4.69, 9.17) is 30.5 Å². The average molecular weight is 566 g/mol. The van der Waals surface area contributed by atoms with E-state index in [0.29, 0.717) is 28.0 Å². The van der Waals surface area contributed by atoms with Crippen molar-refractivity contribution in [1.29, 1.82) is 0 Å². The van der Waals surface area contributed by atoms with Gasteiger partial charge in [0.1, 0.15) is 35.7 Å². The molecule has 3 aromatic rings. The van der Waals surface area contributed by atoms with Gasteiger partial charge < -0.3 is 18.9 Å². The molecular weight excluding hydrogens is 534 g/mol. The first-order valence-corrected chi connectivity index (χ1v) is 14.4. The van der Waals surface area contributed by atoms with Crippen LogP contribution in [0, 0.1) is 0 Å². The van der Waals surface area contributed by atoms with Gasteiger partial charge in [-0.2, -0.15) is 0 Å². The highest BCUT2D eigenvalue weighted by Crippen LogP contribution is 2.35. The van der Waals surface area contributed by atoms with Gasteiger partial charge in [0.25, 0.3) is 0 Å². The largest absolute Gasteiger partial charge is 0.494 e. The molecule has 4 rings (SSSR count). The number of ether oxygens (including phenoxy) is 4. The monoisotopic (exact) mass is 565 g/mol. The van der Waals surface area contributed by atoms with Crippen LogP contribution in [-0.4, -0.2) is 65.8 Å². The van der Waals surface area contributed by atoms with Gasteiger partial charge in [0.05, 0.1) is 30.6 Å². The molecule has 1 aliphatic carbocycles. The fourth-order valence-electron chi connectivity index (χ4n) is 4.57. The van der Waals surface area contributed by atoms with Crippen LogP contribution in [0.2, 0.25) is 5.02 Å². The fraction of sp³-hybridized carbons (Fsp3) is 0.520. The van der Waals surface area contributed by atoms with Crippen molar-refractivity contribution in [1.82, 2.24) is 24.7 Å². The third-order valence-corrected chi connectivity index (χ3v) is 8.88. The first-order valence-electron chi connectivity index (χ1n) is 12.3. The molecule has 13 heteroatoms. The number of halogens is 1. The predicted octanol–water partition coefficient (Wildman–Crippen LogP) is 3.88. The van der Waals surface area contributed by atoms with E-state index in [0.717, 1.165) is 25.7 Å². The van der Waals surface area contributed by atoms with Crippen molar-refractivity contribution >= 4 is 21.4 Å². The van der Waals surface area contributed by atoms with E-state index in [2.05, 4.69) is 20.2 Å². The molecule has 1 aromatic carbocycles. The van der Waals surface area contributed by atoms with Gasteiger partial charge in [-0.15, -0.1) is 10.2 Å². The summed E-state index contributed by atoms with van der Waals surface area (Å²) in [5, 5.41) is 7.94. The van der Waals surface area contributed by atoms with E-state index in [-0.39, 0.29) is 24.4 Å². The molecule has 0 unspecified atom stereocenters. The van der Waals surface area contributed by atoms with Crippen molar-refractivity contribution < 1.29 is 27.4 Å². The van der Waals surface area contributed by atoms with Crippen LogP contribution in [0.1, 0.15) is 56.2 Å². The summed E-state index contributed by atoms with van der Waals surface area (Å²) >= 11 is 5.90. The summed E-state index contributed by atoms with van der Waals surface area (Å²) in [6.07, 6.45) is 6.22. The predicted molar refractivity (Wildman–Crippen MR) is 140 cm³/mol. The van der Waals surface area contributed by atoms with Gasteiger partial charge in [0.15, 0.2) is 27.3 Å². The van der Waals surface area contributed by atoms with Crippen LogP contribution < -0.4 is 9.47 Å². The quantitative estimate of drug-likeness (QED) is 0.319. The molecule has 1 saturated carbocycles. The van der Waals surface area contributed by atoms with Crippen LogP contribution in [0.5, 0.6) is 11.5 Å². The Labute approximate surface area is 227 Å². The molecule has 206 valence electrons. The van der Waals surface area contributed by atoms with E-state index in [1.807, 2.05) is 0 Å². The zero-order valence-corrected chi connectivity index (χ0v) is 23.4. The number of rotatable bonds is 12. The number of sulfone groups is 1. The minimum Gasteiger partial charge on any atom is -0.494 e. The molecule has 11 nitrogen and oxygen atoms in total. The van der Waals surface area contributed by atoms with Crippen LogP contribution in [0.4, 0.5) is 0 Å². The summed E-state index contributed by atoms with van der Waals surface area (Å²) in [5.41, 5.74) is 0.495. The summed E-state index contributed by atoms with van der Waals surface area (Å²) in [7, 11) is 0.624. The fourth-order valence-corrected chi connectivity index (χ4v) is 6.09. The molecule has 38 heavy (non-hydrogen) atoms. The summed E-state index contributed by atoms with van der Waals surface area (Å²) in [6, 6.07) is 5.31. The molecule has 2 atom stereocenters. The molecule has 0 aliphatic heterocycles. The molecule has 0 amide bonds. The lowest BCUT2D eigenvalue weighted by atomic mass is 10.2. The Kier molecular flexibility index (Phi) is 9.19. The van der Waals surface area contributed by atoms with Crippen molar-refractivity contribution in [3.8, 4) is 17.2 Å². The number of para-hydroxylation sites is 1. The maximum atomic E-state index is 13.7. The molecule has 2 aromatic heterocycles. The maximum absolute atomic E-state index is 13.7. The molecule has 0 spiro atoms. The van der Waals surface area contributed by atoms with Crippen LogP contribution >= 0.6 is 11.6 Å². The normalized spacial score (nSPS) is 15.9. The lowest BCUT2D eigenvalue weighted by Gasteiger charge is -2.22. The second-order valence-corrected chi connectivity index (χ2v) is 11.8.